The molecule has 0 fully saturated rings. The van der Waals surface area contributed by atoms with Gasteiger partial charge in [0.25, 0.3) is 11.8 Å². The van der Waals surface area contributed by atoms with Crippen LogP contribution in [0.5, 0.6) is 5.75 Å². The van der Waals surface area contributed by atoms with Crippen molar-refractivity contribution in [3.63, 3.8) is 0 Å². The van der Waals surface area contributed by atoms with Gasteiger partial charge in [-0.25, -0.2) is 0 Å². The van der Waals surface area contributed by atoms with Crippen LogP contribution in [0.1, 0.15) is 20.3 Å². The quantitative estimate of drug-likeness (QED) is 0.627. The Kier molecular flexibility index (Phi) is 6.31. The van der Waals surface area contributed by atoms with Crippen molar-refractivity contribution in [2.24, 2.45) is 0 Å². The molecule has 30 heavy (non-hydrogen) atoms. The summed E-state index contributed by atoms with van der Waals surface area (Å²) in [6, 6.07) is 13.3. The molecule has 2 aromatic rings. The molecule has 3 rings (SSSR count). The smallest absolute Gasteiger partial charge is 0.310 e. The van der Waals surface area contributed by atoms with Crippen LogP contribution in [0, 0.1) is 0 Å². The summed E-state index contributed by atoms with van der Waals surface area (Å²) in [5.41, 5.74) is 1.60. The summed E-state index contributed by atoms with van der Waals surface area (Å²) in [6.45, 7) is 2.82. The number of benzene rings is 2. The first-order valence-corrected chi connectivity index (χ1v) is 9.26. The lowest BCUT2D eigenvalue weighted by Crippen LogP contribution is -2.40. The molecule has 0 unspecified atom stereocenters. The number of para-hydroxylation sites is 2. The lowest BCUT2D eigenvalue weighted by molar-refractivity contribution is -0.155. The van der Waals surface area contributed by atoms with Crippen molar-refractivity contribution in [3.05, 3.63) is 48.5 Å². The number of anilines is 3. The largest absolute Gasteiger partial charge is 0.478 e. The second-order valence-electron chi connectivity index (χ2n) is 6.68. The third kappa shape index (κ3) is 5.34. The Morgan fingerprint density at radius 1 is 1.07 bits per heavy atom. The van der Waals surface area contributed by atoms with E-state index in [0.29, 0.717) is 22.8 Å². The fraction of sp³-hybridized carbons (Fsp3) is 0.238. The molecule has 1 aliphatic rings. The molecule has 2 aromatic carbocycles. The zero-order valence-electron chi connectivity index (χ0n) is 16.4. The Balaban J connectivity index is 1.51. The standard InChI is InChI=1S/C21H21N3O6/c1-12(20(27)23-15-9-7-14(8-10-15)22-13(2)25)29-19(26)11-18-21(28)24-16-5-3-4-6-17(16)30-18/h3-10,12,18H,11H2,1-2H3,(H,22,25)(H,23,27)(H,24,28)/t12-,18+/m1/s1. The number of nitrogens with one attached hydrogen (secondary N) is 3. The summed E-state index contributed by atoms with van der Waals surface area (Å²) in [5.74, 6) is -1.47. The van der Waals surface area contributed by atoms with Crippen molar-refractivity contribution in [1.82, 2.24) is 0 Å². The first-order chi connectivity index (χ1) is 14.3. The van der Waals surface area contributed by atoms with Crippen LogP contribution < -0.4 is 20.7 Å². The summed E-state index contributed by atoms with van der Waals surface area (Å²) in [4.78, 5) is 47.6. The molecule has 156 valence electrons. The predicted molar refractivity (Wildman–Crippen MR) is 109 cm³/mol. The number of carbonyl (C=O) groups excluding carboxylic acids is 4. The monoisotopic (exact) mass is 411 g/mol. The summed E-state index contributed by atoms with van der Waals surface area (Å²) >= 11 is 0. The molecular formula is C21H21N3O6. The molecule has 0 radical (unpaired) electrons. The van der Waals surface area contributed by atoms with Crippen LogP contribution in [0.15, 0.2) is 48.5 Å². The van der Waals surface area contributed by atoms with Crippen molar-refractivity contribution in [3.8, 4) is 5.75 Å². The minimum Gasteiger partial charge on any atom is -0.478 e. The summed E-state index contributed by atoms with van der Waals surface area (Å²) in [5, 5.41) is 7.89. The maximum atomic E-state index is 12.3. The van der Waals surface area contributed by atoms with Gasteiger partial charge in [-0.05, 0) is 43.3 Å². The molecule has 9 heteroatoms. The number of carbonyl (C=O) groups is 4. The van der Waals surface area contributed by atoms with E-state index in [4.69, 9.17) is 9.47 Å². The number of hydrogen-bond donors (Lipinski definition) is 3. The summed E-state index contributed by atoms with van der Waals surface area (Å²) in [6.07, 6.45) is -2.45. The zero-order chi connectivity index (χ0) is 21.7. The Labute approximate surface area is 172 Å². The van der Waals surface area contributed by atoms with Gasteiger partial charge >= 0.3 is 5.97 Å². The third-order valence-corrected chi connectivity index (χ3v) is 4.21. The van der Waals surface area contributed by atoms with Gasteiger partial charge in [0.05, 0.1) is 12.1 Å². The molecule has 1 heterocycles. The van der Waals surface area contributed by atoms with Crippen molar-refractivity contribution in [2.75, 3.05) is 16.0 Å². The molecule has 0 aliphatic carbocycles. The Morgan fingerprint density at radius 2 is 1.70 bits per heavy atom. The molecule has 0 spiro atoms. The average molecular weight is 411 g/mol. The van der Waals surface area contributed by atoms with Crippen LogP contribution in [-0.2, 0) is 23.9 Å². The van der Waals surface area contributed by atoms with Crippen LogP contribution in [0.3, 0.4) is 0 Å². The maximum Gasteiger partial charge on any atom is 0.310 e. The van der Waals surface area contributed by atoms with Gasteiger partial charge in [-0.15, -0.1) is 0 Å². The van der Waals surface area contributed by atoms with Crippen molar-refractivity contribution >= 4 is 40.8 Å². The molecule has 1 aliphatic heterocycles. The van der Waals surface area contributed by atoms with Crippen molar-refractivity contribution in [1.29, 1.82) is 0 Å². The van der Waals surface area contributed by atoms with Crippen LogP contribution in [-0.4, -0.2) is 35.9 Å². The van der Waals surface area contributed by atoms with Gasteiger partial charge in [-0.2, -0.15) is 0 Å². The maximum absolute atomic E-state index is 12.3. The molecule has 3 amide bonds. The Hall–Kier alpha value is -3.88. The topological polar surface area (TPSA) is 123 Å². The number of amides is 3. The molecule has 0 saturated carbocycles. The fourth-order valence-electron chi connectivity index (χ4n) is 2.76. The number of ether oxygens (including phenoxy) is 2. The highest BCUT2D eigenvalue weighted by Crippen LogP contribution is 2.29. The number of esters is 1. The number of rotatable bonds is 6. The van der Waals surface area contributed by atoms with Crippen molar-refractivity contribution in [2.45, 2.75) is 32.5 Å². The van der Waals surface area contributed by atoms with Crippen LogP contribution in [0.4, 0.5) is 17.1 Å². The van der Waals surface area contributed by atoms with Crippen LogP contribution >= 0.6 is 0 Å². The van der Waals surface area contributed by atoms with Gasteiger partial charge in [-0.1, -0.05) is 12.1 Å². The lowest BCUT2D eigenvalue weighted by Gasteiger charge is -2.25. The van der Waals surface area contributed by atoms with Gasteiger partial charge in [0.2, 0.25) is 5.91 Å². The minimum absolute atomic E-state index is 0.202. The van der Waals surface area contributed by atoms with Gasteiger partial charge in [0.15, 0.2) is 12.2 Å². The molecular weight excluding hydrogens is 390 g/mol. The second kappa shape index (κ2) is 9.08. The van der Waals surface area contributed by atoms with Gasteiger partial charge in [0, 0.05) is 18.3 Å². The summed E-state index contributed by atoms with van der Waals surface area (Å²) < 4.78 is 10.7. The normalized spacial score (nSPS) is 15.7. The highest BCUT2D eigenvalue weighted by Gasteiger charge is 2.31. The second-order valence-corrected chi connectivity index (χ2v) is 6.68. The summed E-state index contributed by atoms with van der Waals surface area (Å²) in [7, 11) is 0. The van der Waals surface area contributed by atoms with E-state index in [1.54, 1.807) is 48.5 Å². The van der Waals surface area contributed by atoms with E-state index >= 15 is 0 Å². The van der Waals surface area contributed by atoms with E-state index in [9.17, 15) is 19.2 Å². The van der Waals surface area contributed by atoms with Crippen LogP contribution in [0.25, 0.3) is 0 Å². The molecule has 0 bridgehead atoms. The highest BCUT2D eigenvalue weighted by molar-refractivity contribution is 6.00. The number of fused-ring (bicyclic) bond motifs is 1. The average Bonchev–Trinajstić information content (AvgIpc) is 2.69. The van der Waals surface area contributed by atoms with E-state index in [-0.39, 0.29) is 12.3 Å². The van der Waals surface area contributed by atoms with Gasteiger partial charge in [-0.3, -0.25) is 19.2 Å². The zero-order valence-corrected chi connectivity index (χ0v) is 16.4. The molecule has 0 aromatic heterocycles. The van der Waals surface area contributed by atoms with E-state index in [1.807, 2.05) is 0 Å². The van der Waals surface area contributed by atoms with E-state index < -0.39 is 30.0 Å². The Bertz CT molecular complexity index is 973. The van der Waals surface area contributed by atoms with E-state index in [1.165, 1.54) is 13.8 Å². The predicted octanol–water partition coefficient (Wildman–Crippen LogP) is 2.31. The molecule has 3 N–H and O–H groups in total. The van der Waals surface area contributed by atoms with E-state index in [0.717, 1.165) is 0 Å². The minimum atomic E-state index is -1.08. The molecule has 0 saturated heterocycles. The fourth-order valence-corrected chi connectivity index (χ4v) is 2.76. The van der Waals surface area contributed by atoms with Gasteiger partial charge < -0.3 is 25.4 Å². The first kappa shape index (κ1) is 20.8. The third-order valence-electron chi connectivity index (χ3n) is 4.21. The van der Waals surface area contributed by atoms with Crippen LogP contribution in [0.2, 0.25) is 0 Å². The molecule has 9 nitrogen and oxygen atoms in total. The first-order valence-electron chi connectivity index (χ1n) is 9.26. The van der Waals surface area contributed by atoms with Gasteiger partial charge in [0.1, 0.15) is 5.75 Å². The highest BCUT2D eigenvalue weighted by atomic mass is 16.6. The van der Waals surface area contributed by atoms with Crippen molar-refractivity contribution < 1.29 is 28.7 Å². The SMILES string of the molecule is CC(=O)Nc1ccc(NC(=O)[C@@H](C)OC(=O)C[C@@H]2Oc3ccccc3NC2=O)cc1. The number of hydrogen-bond acceptors (Lipinski definition) is 6. The van der Waals surface area contributed by atoms with E-state index in [2.05, 4.69) is 16.0 Å². The Morgan fingerprint density at radius 3 is 2.37 bits per heavy atom. The molecule has 2 atom stereocenters. The lowest BCUT2D eigenvalue weighted by atomic mass is 10.1.